The molecule has 22 heavy (non-hydrogen) atoms. The molecule has 1 aliphatic rings. The van der Waals surface area contributed by atoms with E-state index >= 15 is 0 Å². The fraction of sp³-hybridized carbons (Fsp3) is 0.214. The van der Waals surface area contributed by atoms with Gasteiger partial charge in [-0.2, -0.15) is 5.26 Å². The largest absolute Gasteiger partial charge is 0.459 e. The lowest BCUT2D eigenvalue weighted by Crippen LogP contribution is -2.33. The molecule has 2 N–H and O–H groups in total. The Kier molecular flexibility index (Phi) is 3.87. The lowest BCUT2D eigenvalue weighted by Gasteiger charge is -2.27. The summed E-state index contributed by atoms with van der Waals surface area (Å²) in [5.74, 6) is -1.62. The van der Waals surface area contributed by atoms with Crippen LogP contribution in [0.25, 0.3) is 0 Å². The molecule has 2 unspecified atom stereocenters. The second kappa shape index (κ2) is 5.68. The highest BCUT2D eigenvalue weighted by atomic mass is 79.9. The van der Waals surface area contributed by atoms with E-state index in [1.54, 1.807) is 6.07 Å². The van der Waals surface area contributed by atoms with E-state index in [0.717, 1.165) is 14.7 Å². The summed E-state index contributed by atoms with van der Waals surface area (Å²) in [6.45, 7) is -0.432. The number of nitriles is 1. The predicted octanol–water partition coefficient (Wildman–Crippen LogP) is 2.60. The highest BCUT2D eigenvalue weighted by Crippen LogP contribution is 2.43. The van der Waals surface area contributed by atoms with Gasteiger partial charge in [-0.15, -0.1) is 11.3 Å². The molecular weight excluding hydrogens is 372 g/mol. The van der Waals surface area contributed by atoms with E-state index in [9.17, 15) is 15.2 Å². The van der Waals surface area contributed by atoms with Crippen LogP contribution in [0.2, 0.25) is 0 Å². The van der Waals surface area contributed by atoms with Crippen molar-refractivity contribution in [3.05, 3.63) is 48.6 Å². The van der Waals surface area contributed by atoms with E-state index in [4.69, 9.17) is 14.6 Å². The van der Waals surface area contributed by atoms with Crippen molar-refractivity contribution in [2.45, 2.75) is 12.5 Å². The van der Waals surface area contributed by atoms with Crippen LogP contribution in [0, 0.1) is 22.7 Å². The van der Waals surface area contributed by atoms with Crippen molar-refractivity contribution in [2.24, 2.45) is 5.92 Å². The summed E-state index contributed by atoms with van der Waals surface area (Å²) >= 11 is 4.74. The maximum absolute atomic E-state index is 12.1. The van der Waals surface area contributed by atoms with Gasteiger partial charge in [0.2, 0.25) is 17.1 Å². The molecule has 0 amide bonds. The summed E-state index contributed by atoms with van der Waals surface area (Å²) in [5.41, 5.74) is -0.480. The molecule has 0 saturated heterocycles. The van der Waals surface area contributed by atoms with E-state index in [1.165, 1.54) is 11.3 Å². The molecule has 0 spiro atoms. The summed E-state index contributed by atoms with van der Waals surface area (Å²) < 4.78 is 11.6. The van der Waals surface area contributed by atoms with E-state index in [2.05, 4.69) is 15.9 Å². The molecule has 8 heteroatoms. The zero-order valence-corrected chi connectivity index (χ0v) is 13.4. The van der Waals surface area contributed by atoms with Crippen molar-refractivity contribution in [3.63, 3.8) is 0 Å². The van der Waals surface area contributed by atoms with Crippen LogP contribution in [0.3, 0.4) is 0 Å². The first-order valence-electron chi connectivity index (χ1n) is 6.24. The van der Waals surface area contributed by atoms with Crippen LogP contribution in [0.1, 0.15) is 22.3 Å². The summed E-state index contributed by atoms with van der Waals surface area (Å²) in [6, 6.07) is 6.78. The van der Waals surface area contributed by atoms with Gasteiger partial charge in [0.05, 0.1) is 15.8 Å². The van der Waals surface area contributed by atoms with Crippen molar-refractivity contribution in [2.75, 3.05) is 0 Å². The Hall–Kier alpha value is -1.95. The number of thiophene rings is 1. The lowest BCUT2D eigenvalue weighted by molar-refractivity contribution is 0.231. The maximum Gasteiger partial charge on any atom is 0.228 e. The molecule has 2 aromatic rings. The van der Waals surface area contributed by atoms with Crippen LogP contribution >= 0.6 is 27.3 Å². The van der Waals surface area contributed by atoms with Gasteiger partial charge in [0.1, 0.15) is 18.3 Å². The van der Waals surface area contributed by atoms with Crippen LogP contribution in [0.4, 0.5) is 0 Å². The molecule has 112 valence electrons. The molecule has 0 fully saturated rings. The highest BCUT2D eigenvalue weighted by molar-refractivity contribution is 9.11. The van der Waals surface area contributed by atoms with Gasteiger partial charge in [-0.25, -0.2) is 0 Å². The second-order valence-corrected chi connectivity index (χ2v) is 7.12. The first kappa shape index (κ1) is 15.0. The van der Waals surface area contributed by atoms with E-state index < -0.39 is 23.9 Å². The number of nitrogens with zero attached hydrogens (tertiary/aromatic N) is 1. The maximum atomic E-state index is 12.1. The standard InChI is InChI=1S/C14H9BrN2O4S/c15-10-2-1-9(22-10)11-7(4-16)14(17)21-12-8(19)3-6(5-18)20-13(11)12/h1-3,7,11,17-18H,5H2. The minimum atomic E-state index is -0.893. The Morgan fingerprint density at radius 1 is 1.50 bits per heavy atom. The van der Waals surface area contributed by atoms with Crippen LogP contribution < -0.4 is 10.2 Å². The molecule has 0 aliphatic carbocycles. The number of rotatable bonds is 2. The zero-order chi connectivity index (χ0) is 15.9. The number of fused-ring (bicyclic) bond motifs is 1. The molecule has 0 aromatic carbocycles. The van der Waals surface area contributed by atoms with Gasteiger partial charge in [0.15, 0.2) is 5.76 Å². The third-order valence-electron chi connectivity index (χ3n) is 3.29. The Balaban J connectivity index is 2.26. The third-order valence-corrected chi connectivity index (χ3v) is 4.99. The first-order chi connectivity index (χ1) is 10.5. The number of aliphatic hydroxyl groups excluding tert-OH is 1. The monoisotopic (exact) mass is 380 g/mol. The number of aliphatic hydroxyl groups is 1. The lowest BCUT2D eigenvalue weighted by atomic mass is 9.87. The minimum absolute atomic E-state index is 0.0942. The Labute approximate surface area is 137 Å². The molecule has 1 aliphatic heterocycles. The minimum Gasteiger partial charge on any atom is -0.459 e. The van der Waals surface area contributed by atoms with Crippen molar-refractivity contribution < 1.29 is 14.3 Å². The van der Waals surface area contributed by atoms with Gasteiger partial charge in [-0.05, 0) is 28.1 Å². The number of hydrogen-bond donors (Lipinski definition) is 2. The molecular formula is C14H9BrN2O4S. The summed E-state index contributed by atoms with van der Waals surface area (Å²) in [5, 5.41) is 26.5. The molecule has 0 radical (unpaired) electrons. The fourth-order valence-electron chi connectivity index (χ4n) is 2.33. The molecule has 0 bridgehead atoms. The van der Waals surface area contributed by atoms with Gasteiger partial charge in [-0.1, -0.05) is 0 Å². The Morgan fingerprint density at radius 3 is 2.86 bits per heavy atom. The zero-order valence-electron chi connectivity index (χ0n) is 11.0. The molecule has 2 aromatic heterocycles. The Morgan fingerprint density at radius 2 is 2.27 bits per heavy atom. The van der Waals surface area contributed by atoms with Gasteiger partial charge in [-0.3, -0.25) is 10.2 Å². The quantitative estimate of drug-likeness (QED) is 0.832. The second-order valence-electron chi connectivity index (χ2n) is 4.62. The molecule has 3 heterocycles. The molecule has 3 rings (SSSR count). The predicted molar refractivity (Wildman–Crippen MR) is 82.2 cm³/mol. The topological polar surface area (TPSA) is 107 Å². The van der Waals surface area contributed by atoms with E-state index in [1.807, 2.05) is 12.1 Å². The van der Waals surface area contributed by atoms with Crippen molar-refractivity contribution >= 4 is 33.2 Å². The third kappa shape index (κ3) is 2.37. The van der Waals surface area contributed by atoms with Gasteiger partial charge >= 0.3 is 0 Å². The summed E-state index contributed by atoms with van der Waals surface area (Å²) in [4.78, 5) is 12.9. The summed E-state index contributed by atoms with van der Waals surface area (Å²) in [6.07, 6.45) is 0. The van der Waals surface area contributed by atoms with Crippen molar-refractivity contribution in [1.29, 1.82) is 10.7 Å². The van der Waals surface area contributed by atoms with Crippen LogP contribution in [0.15, 0.2) is 31.2 Å². The first-order valence-corrected chi connectivity index (χ1v) is 7.85. The normalized spacial score (nSPS) is 20.1. The van der Waals surface area contributed by atoms with Crippen LogP contribution in [-0.4, -0.2) is 11.0 Å². The van der Waals surface area contributed by atoms with Gasteiger partial charge < -0.3 is 14.3 Å². The van der Waals surface area contributed by atoms with Crippen LogP contribution in [0.5, 0.6) is 5.75 Å². The molecule has 6 nitrogen and oxygen atoms in total. The molecule has 2 atom stereocenters. The average Bonchev–Trinajstić information content (AvgIpc) is 2.92. The van der Waals surface area contributed by atoms with Crippen molar-refractivity contribution in [3.8, 4) is 11.8 Å². The van der Waals surface area contributed by atoms with E-state index in [-0.39, 0.29) is 23.2 Å². The number of halogens is 1. The Bertz CT molecular complexity index is 851. The average molecular weight is 381 g/mol. The number of nitrogens with one attached hydrogen (secondary N) is 1. The SMILES string of the molecule is N#CC1C(=N)Oc2c(oc(CO)cc2=O)C1c1ccc(Br)s1. The smallest absolute Gasteiger partial charge is 0.228 e. The van der Waals surface area contributed by atoms with Gasteiger partial charge in [0, 0.05) is 10.9 Å². The van der Waals surface area contributed by atoms with Crippen LogP contribution in [-0.2, 0) is 6.61 Å². The number of hydrogen-bond acceptors (Lipinski definition) is 7. The van der Waals surface area contributed by atoms with Crippen molar-refractivity contribution in [1.82, 2.24) is 0 Å². The fourth-order valence-corrected chi connectivity index (χ4v) is 3.89. The molecule has 0 saturated carbocycles. The van der Waals surface area contributed by atoms with E-state index in [0.29, 0.717) is 0 Å². The van der Waals surface area contributed by atoms with Gasteiger partial charge in [0.25, 0.3) is 0 Å². The highest BCUT2D eigenvalue weighted by Gasteiger charge is 2.41. The summed E-state index contributed by atoms with van der Waals surface area (Å²) in [7, 11) is 0. The number of ether oxygens (including phenoxy) is 1.